The highest BCUT2D eigenvalue weighted by atomic mass is 16.5. The van der Waals surface area contributed by atoms with E-state index < -0.39 is 5.66 Å². The van der Waals surface area contributed by atoms with Crippen molar-refractivity contribution in [2.24, 2.45) is 0 Å². The van der Waals surface area contributed by atoms with Gasteiger partial charge in [0, 0.05) is 11.1 Å². The van der Waals surface area contributed by atoms with Crippen LogP contribution in [-0.4, -0.2) is 31.8 Å². The molecule has 152 valence electrons. The average Bonchev–Trinajstić information content (AvgIpc) is 3.12. The number of anilines is 1. The first kappa shape index (κ1) is 19.4. The zero-order valence-corrected chi connectivity index (χ0v) is 17.7. The highest BCUT2D eigenvalue weighted by molar-refractivity contribution is 5.91. The van der Waals surface area contributed by atoms with Crippen molar-refractivity contribution in [3.8, 4) is 11.5 Å². The molecule has 2 aromatic carbocycles. The molecule has 1 atom stereocenters. The predicted octanol–water partition coefficient (Wildman–Crippen LogP) is 4.04. The van der Waals surface area contributed by atoms with Gasteiger partial charge in [0.05, 0.1) is 20.3 Å². The molecule has 0 bridgehead atoms. The lowest BCUT2D eigenvalue weighted by Gasteiger charge is -2.40. The number of aryl methyl sites for hydroxylation is 1. The Morgan fingerprint density at radius 3 is 2.69 bits per heavy atom. The summed E-state index contributed by atoms with van der Waals surface area (Å²) in [6.45, 7) is 9.39. The van der Waals surface area contributed by atoms with Gasteiger partial charge in [0.2, 0.25) is 5.91 Å². The van der Waals surface area contributed by atoms with Crippen LogP contribution in [0.5, 0.6) is 11.5 Å². The maximum absolute atomic E-state index is 12.4. The van der Waals surface area contributed by atoms with Crippen LogP contribution >= 0.6 is 0 Å². The van der Waals surface area contributed by atoms with Crippen molar-refractivity contribution < 1.29 is 14.3 Å². The van der Waals surface area contributed by atoms with Crippen molar-refractivity contribution in [3.05, 3.63) is 59.2 Å². The number of rotatable bonds is 5. The highest BCUT2D eigenvalue weighted by Gasteiger charge is 2.59. The van der Waals surface area contributed by atoms with Gasteiger partial charge in [0.15, 0.2) is 11.5 Å². The smallest absolute Gasteiger partial charge is 0.241 e. The van der Waals surface area contributed by atoms with E-state index in [1.54, 1.807) is 7.11 Å². The molecule has 5 nitrogen and oxygen atoms in total. The summed E-state index contributed by atoms with van der Waals surface area (Å²) < 4.78 is 11.1. The maximum Gasteiger partial charge on any atom is 0.241 e. The first-order valence-electron chi connectivity index (χ1n) is 10.0. The summed E-state index contributed by atoms with van der Waals surface area (Å²) >= 11 is 0. The molecule has 2 aromatic rings. The van der Waals surface area contributed by atoms with Crippen LogP contribution < -0.4 is 19.7 Å². The molecule has 0 spiro atoms. The molecule has 5 heteroatoms. The molecule has 1 amide bonds. The molecule has 0 aliphatic carbocycles. The number of fused-ring (bicyclic) bond motifs is 3. The van der Waals surface area contributed by atoms with Crippen LogP contribution in [0, 0.1) is 6.92 Å². The topological polar surface area (TPSA) is 50.8 Å². The van der Waals surface area contributed by atoms with Crippen LogP contribution in [0.25, 0.3) is 6.08 Å². The van der Waals surface area contributed by atoms with Gasteiger partial charge < -0.3 is 19.7 Å². The number of amides is 1. The summed E-state index contributed by atoms with van der Waals surface area (Å²) in [5.74, 6) is 1.46. The largest absolute Gasteiger partial charge is 0.493 e. The van der Waals surface area contributed by atoms with E-state index in [2.05, 4.69) is 61.3 Å². The Labute approximate surface area is 172 Å². The van der Waals surface area contributed by atoms with Crippen molar-refractivity contribution in [2.75, 3.05) is 25.2 Å². The number of nitrogens with one attached hydrogen (secondary N) is 1. The van der Waals surface area contributed by atoms with Gasteiger partial charge in [-0.1, -0.05) is 43.7 Å². The highest BCUT2D eigenvalue weighted by Crippen LogP contribution is 2.53. The quantitative estimate of drug-likeness (QED) is 0.834. The molecule has 0 saturated carbocycles. The summed E-state index contributed by atoms with van der Waals surface area (Å²) in [4.78, 5) is 14.6. The first-order chi connectivity index (χ1) is 13.8. The molecule has 4 rings (SSSR count). The van der Waals surface area contributed by atoms with Crippen molar-refractivity contribution in [3.63, 3.8) is 0 Å². The van der Waals surface area contributed by atoms with E-state index in [-0.39, 0.29) is 11.3 Å². The van der Waals surface area contributed by atoms with Gasteiger partial charge in [0.1, 0.15) is 5.66 Å². The standard InChI is InChI=1S/C24H28N2O3/c1-6-29-20-10-8-17(14-21(20)28-5)11-12-24-23(3,4)18-13-16(2)7-9-19(18)26(24)15-22(27)25-24/h7-14H,6,15H2,1-5H3,(H,25,27)/b12-11+/t24-/m0/s1. The molecule has 1 saturated heterocycles. The van der Waals surface area contributed by atoms with Crippen molar-refractivity contribution in [1.82, 2.24) is 5.32 Å². The van der Waals surface area contributed by atoms with Crippen LogP contribution in [0.15, 0.2) is 42.5 Å². The number of nitrogens with zero attached hydrogens (tertiary/aromatic N) is 1. The Kier molecular flexibility index (Phi) is 4.56. The first-order valence-corrected chi connectivity index (χ1v) is 10.0. The van der Waals surface area contributed by atoms with E-state index in [9.17, 15) is 4.79 Å². The summed E-state index contributed by atoms with van der Waals surface area (Å²) in [5.41, 5.74) is 3.70. The molecule has 0 unspecified atom stereocenters. The number of hydrogen-bond donors (Lipinski definition) is 1. The second kappa shape index (κ2) is 6.83. The second-order valence-corrected chi connectivity index (χ2v) is 8.22. The molecule has 2 heterocycles. The minimum atomic E-state index is -0.605. The van der Waals surface area contributed by atoms with Gasteiger partial charge >= 0.3 is 0 Å². The van der Waals surface area contributed by atoms with Gasteiger partial charge in [-0.3, -0.25) is 4.79 Å². The van der Waals surface area contributed by atoms with E-state index >= 15 is 0 Å². The Morgan fingerprint density at radius 2 is 1.97 bits per heavy atom. The number of methoxy groups -OCH3 is 1. The summed E-state index contributed by atoms with van der Waals surface area (Å²) in [6, 6.07) is 12.3. The zero-order chi connectivity index (χ0) is 20.8. The fourth-order valence-electron chi connectivity index (χ4n) is 4.57. The third-order valence-corrected chi connectivity index (χ3v) is 6.13. The van der Waals surface area contributed by atoms with Crippen LogP contribution in [0.1, 0.15) is 37.5 Å². The molecular weight excluding hydrogens is 364 g/mol. The maximum atomic E-state index is 12.4. The van der Waals surface area contributed by atoms with Gasteiger partial charge in [-0.05, 0) is 49.2 Å². The molecule has 1 fully saturated rings. The number of benzene rings is 2. The van der Waals surface area contributed by atoms with E-state index in [0.29, 0.717) is 18.9 Å². The lowest BCUT2D eigenvalue weighted by molar-refractivity contribution is -0.118. The number of carbonyl (C=O) groups is 1. The van der Waals surface area contributed by atoms with Gasteiger partial charge in [-0.25, -0.2) is 0 Å². The molecular formula is C24H28N2O3. The average molecular weight is 392 g/mol. The number of hydrogen-bond acceptors (Lipinski definition) is 4. The minimum Gasteiger partial charge on any atom is -0.493 e. The fourth-order valence-corrected chi connectivity index (χ4v) is 4.57. The molecule has 29 heavy (non-hydrogen) atoms. The van der Waals surface area contributed by atoms with Crippen LogP contribution in [0.2, 0.25) is 0 Å². The van der Waals surface area contributed by atoms with Crippen LogP contribution in [0.4, 0.5) is 5.69 Å². The van der Waals surface area contributed by atoms with E-state index in [1.807, 2.05) is 25.1 Å². The normalized spacial score (nSPS) is 21.8. The Hall–Kier alpha value is -2.95. The SMILES string of the molecule is CCOc1ccc(/C=C/[C@]23NC(=O)CN2c2ccc(C)cc2C3(C)C)cc1OC. The Bertz CT molecular complexity index is 996. The molecule has 0 radical (unpaired) electrons. The molecule has 0 aromatic heterocycles. The van der Waals surface area contributed by atoms with Crippen molar-refractivity contribution in [1.29, 1.82) is 0 Å². The molecule has 2 aliphatic rings. The fraction of sp³-hybridized carbons (Fsp3) is 0.375. The Balaban J connectivity index is 1.76. The van der Waals surface area contributed by atoms with Crippen LogP contribution in [0.3, 0.4) is 0 Å². The van der Waals surface area contributed by atoms with Gasteiger partial charge in [0.25, 0.3) is 0 Å². The summed E-state index contributed by atoms with van der Waals surface area (Å²) in [6.07, 6.45) is 4.17. The zero-order valence-electron chi connectivity index (χ0n) is 17.7. The molecule has 2 aliphatic heterocycles. The van der Waals surface area contributed by atoms with E-state index in [0.717, 1.165) is 17.0 Å². The predicted molar refractivity (Wildman–Crippen MR) is 116 cm³/mol. The van der Waals surface area contributed by atoms with Gasteiger partial charge in [-0.15, -0.1) is 0 Å². The second-order valence-electron chi connectivity index (χ2n) is 8.22. The number of carbonyl (C=O) groups excluding carboxylic acids is 1. The van der Waals surface area contributed by atoms with Gasteiger partial charge in [-0.2, -0.15) is 0 Å². The summed E-state index contributed by atoms with van der Waals surface area (Å²) in [7, 11) is 1.64. The molecule has 1 N–H and O–H groups in total. The Morgan fingerprint density at radius 1 is 1.17 bits per heavy atom. The third-order valence-electron chi connectivity index (χ3n) is 6.13. The van der Waals surface area contributed by atoms with E-state index in [1.165, 1.54) is 11.1 Å². The van der Waals surface area contributed by atoms with Crippen LogP contribution in [-0.2, 0) is 10.2 Å². The number of ether oxygens (including phenoxy) is 2. The summed E-state index contributed by atoms with van der Waals surface area (Å²) in [5, 5.41) is 3.26. The lowest BCUT2D eigenvalue weighted by Crippen LogP contribution is -2.58. The monoisotopic (exact) mass is 392 g/mol. The third kappa shape index (κ3) is 2.87. The van der Waals surface area contributed by atoms with Crippen molar-refractivity contribution in [2.45, 2.75) is 38.8 Å². The lowest BCUT2D eigenvalue weighted by atomic mass is 9.75. The minimum absolute atomic E-state index is 0.0400. The van der Waals surface area contributed by atoms with Crippen molar-refractivity contribution >= 4 is 17.7 Å². The van der Waals surface area contributed by atoms with E-state index in [4.69, 9.17) is 9.47 Å².